The third-order valence-corrected chi connectivity index (χ3v) is 0. The molecule has 0 heterocycles. The van der Waals surface area contributed by atoms with Crippen molar-refractivity contribution in [1.29, 1.82) is 0 Å². The minimum absolute atomic E-state index is 0. The summed E-state index contributed by atoms with van der Waals surface area (Å²) in [4.78, 5) is 0. The van der Waals surface area contributed by atoms with Crippen molar-refractivity contribution < 1.29 is 151 Å². The molecule has 0 saturated carbocycles. The van der Waals surface area contributed by atoms with E-state index in [0.29, 0.717) is 0 Å². The summed E-state index contributed by atoms with van der Waals surface area (Å²) in [5, 5.41) is 0. The van der Waals surface area contributed by atoms with E-state index in [9.17, 15) is 0 Å². The van der Waals surface area contributed by atoms with Gasteiger partial charge in [-0.3, -0.25) is 0 Å². The van der Waals surface area contributed by atoms with Crippen LogP contribution in [0.15, 0.2) is 0 Å². The molecule has 0 bridgehead atoms. The summed E-state index contributed by atoms with van der Waals surface area (Å²) >= 11 is 0. The molecule has 0 spiro atoms. The quantitative estimate of drug-likeness (QED) is 0.286. The number of rotatable bonds is 0. The summed E-state index contributed by atoms with van der Waals surface area (Å²) in [5.74, 6) is 0. The van der Waals surface area contributed by atoms with E-state index in [4.69, 9.17) is 0 Å². The third kappa shape index (κ3) is 132. The first-order valence-corrected chi connectivity index (χ1v) is 0. The molecule has 0 rings (SSSR count). The van der Waals surface area contributed by atoms with Crippen molar-refractivity contribution in [3.05, 3.63) is 0 Å². The Morgan fingerprint density at radius 1 is 0.364 bits per heavy atom. The van der Waals surface area contributed by atoms with Crippen LogP contribution in [0.3, 0.4) is 0 Å². The second-order valence-corrected chi connectivity index (χ2v) is 0. The monoisotopic (exact) mass is 1030 g/mol. The molecule has 11 heteroatoms. The number of hydrogen-bond acceptors (Lipinski definition) is 0. The van der Waals surface area contributed by atoms with Gasteiger partial charge in [0.05, 0.1) is 0 Å². The molecular formula is Ir2O5Ru2Ta2. The van der Waals surface area contributed by atoms with E-state index < -0.39 is 0 Å². The maximum atomic E-state index is 0. The van der Waals surface area contributed by atoms with Gasteiger partial charge in [0.25, 0.3) is 0 Å². The Kier molecular flexibility index (Phi) is 2730. The Hall–Kier alpha value is 3.83. The van der Waals surface area contributed by atoms with Gasteiger partial charge in [-0.1, -0.05) is 0 Å². The average Bonchev–Trinajstić information content (AvgIpc) is 0. The zero-order valence-corrected chi connectivity index (χ0v) is 19.0. The van der Waals surface area contributed by atoms with Gasteiger partial charge in [0.2, 0.25) is 0 Å². The zero-order chi connectivity index (χ0) is 0. The van der Waals surface area contributed by atoms with Gasteiger partial charge >= 0.3 is 44.8 Å². The van der Waals surface area contributed by atoms with Crippen LogP contribution >= 0.6 is 0 Å². The van der Waals surface area contributed by atoms with E-state index in [1.165, 1.54) is 0 Å². The largest absolute Gasteiger partial charge is 5.00 e. The molecule has 0 N–H and O–H groups in total. The van der Waals surface area contributed by atoms with Crippen LogP contribution in [0, 0.1) is 0 Å². The Labute approximate surface area is 149 Å². The minimum atomic E-state index is 0. The fourth-order valence-electron chi connectivity index (χ4n) is 0. The molecule has 0 atom stereocenters. The molecule has 0 aliphatic heterocycles. The first-order valence-electron chi connectivity index (χ1n) is 0. The maximum Gasteiger partial charge on any atom is 5.00 e. The van der Waals surface area contributed by atoms with Crippen LogP contribution in [0.25, 0.3) is 0 Å². The molecule has 0 saturated heterocycles. The summed E-state index contributed by atoms with van der Waals surface area (Å²) in [6.07, 6.45) is 0. The molecule has 0 amide bonds. The zero-order valence-electron chi connectivity index (χ0n) is 4.31. The van der Waals surface area contributed by atoms with E-state index in [0.717, 1.165) is 0 Å². The van der Waals surface area contributed by atoms with Crippen molar-refractivity contribution in [2.45, 2.75) is 0 Å². The first kappa shape index (κ1) is 194. The van der Waals surface area contributed by atoms with Gasteiger partial charge in [0, 0.05) is 79.2 Å². The molecule has 11 heavy (non-hydrogen) atoms. The van der Waals surface area contributed by atoms with E-state index in [1.54, 1.807) is 0 Å². The average molecular weight is 1030 g/mol. The van der Waals surface area contributed by atoms with Crippen molar-refractivity contribution in [2.24, 2.45) is 0 Å². The molecule has 0 aromatic heterocycles. The molecule has 0 aromatic rings. The van der Waals surface area contributed by atoms with Crippen molar-refractivity contribution in [2.75, 3.05) is 0 Å². The third-order valence-electron chi connectivity index (χ3n) is 0. The predicted molar refractivity (Wildman–Crippen MR) is 3.43 cm³/mol. The molecule has 0 fully saturated rings. The van der Waals surface area contributed by atoms with Crippen molar-refractivity contribution in [3.8, 4) is 0 Å². The van der Waals surface area contributed by atoms with Gasteiger partial charge in [-0.15, -0.1) is 0 Å². The summed E-state index contributed by atoms with van der Waals surface area (Å²) in [6.45, 7) is 0. The van der Waals surface area contributed by atoms with Gasteiger partial charge in [0.15, 0.2) is 0 Å². The summed E-state index contributed by atoms with van der Waals surface area (Å²) in [5.41, 5.74) is 0. The van der Waals surface area contributed by atoms with Crippen LogP contribution in [-0.4, -0.2) is 0 Å². The standard InChI is InChI=1S/2Ir.5O.2Ru.2Ta/q;;5*-2;;;2*+5. The van der Waals surface area contributed by atoms with E-state index in [2.05, 4.69) is 0 Å². The van der Waals surface area contributed by atoms with Gasteiger partial charge < -0.3 is 27.4 Å². The van der Waals surface area contributed by atoms with Crippen molar-refractivity contribution >= 4 is 0 Å². The fourth-order valence-corrected chi connectivity index (χ4v) is 0. The van der Waals surface area contributed by atoms with Gasteiger partial charge in [-0.2, -0.15) is 0 Å². The van der Waals surface area contributed by atoms with Crippen LogP contribution < -0.4 is 0 Å². The summed E-state index contributed by atoms with van der Waals surface area (Å²) in [6, 6.07) is 0. The first-order chi connectivity index (χ1) is 0. The Balaban J connectivity index is 0. The van der Waals surface area contributed by atoms with E-state index in [-0.39, 0.29) is 151 Å². The molecule has 0 aliphatic rings. The second kappa shape index (κ2) is 155. The molecule has 5 nitrogen and oxygen atoms in total. The van der Waals surface area contributed by atoms with Gasteiger partial charge in [-0.05, 0) is 0 Å². The Morgan fingerprint density at radius 2 is 0.364 bits per heavy atom. The van der Waals surface area contributed by atoms with Crippen LogP contribution in [0.4, 0.5) is 0 Å². The molecule has 0 unspecified atom stereocenters. The Bertz CT molecular complexity index is 20.4. The van der Waals surface area contributed by atoms with Crippen LogP contribution in [0.2, 0.25) is 0 Å². The molecule has 74 valence electrons. The fraction of sp³-hybridized carbons (Fsp3) is 0. The van der Waals surface area contributed by atoms with Crippen LogP contribution in [0.1, 0.15) is 0 Å². The second-order valence-electron chi connectivity index (χ2n) is 0. The maximum absolute atomic E-state index is 0. The smallest absolute Gasteiger partial charge is 2.00 e. The molecule has 0 aromatic carbocycles. The SMILES string of the molecule is [Ir].[Ir].[O-2].[O-2].[O-2].[O-2].[O-2].[Ru].[Ru].[Ta+5].[Ta+5]. The molecule has 0 aliphatic carbocycles. The molecular weight excluding hydrogens is 1030 g/mol. The van der Waals surface area contributed by atoms with Crippen molar-refractivity contribution in [1.82, 2.24) is 0 Å². The van der Waals surface area contributed by atoms with E-state index >= 15 is 0 Å². The van der Waals surface area contributed by atoms with Crippen LogP contribution in [-0.2, 0) is 151 Å². The topological polar surface area (TPSA) is 142 Å². The normalized spacial score (nSPS) is 0. The Morgan fingerprint density at radius 3 is 0.364 bits per heavy atom. The van der Waals surface area contributed by atoms with Gasteiger partial charge in [0.1, 0.15) is 0 Å². The predicted octanol–water partition coefficient (Wildman–Crippen LogP) is -0.609. The van der Waals surface area contributed by atoms with Gasteiger partial charge in [-0.25, -0.2) is 0 Å². The number of hydrogen-bond donors (Lipinski definition) is 0. The van der Waals surface area contributed by atoms with E-state index in [1.807, 2.05) is 0 Å². The van der Waals surface area contributed by atoms with Crippen LogP contribution in [0.5, 0.6) is 0 Å². The minimum Gasteiger partial charge on any atom is -2.00 e. The molecule has 2 radical (unpaired) electrons. The van der Waals surface area contributed by atoms with Crippen molar-refractivity contribution in [3.63, 3.8) is 0 Å². The summed E-state index contributed by atoms with van der Waals surface area (Å²) in [7, 11) is 0. The summed E-state index contributed by atoms with van der Waals surface area (Å²) < 4.78 is 0.